The van der Waals surface area contributed by atoms with E-state index in [1.54, 1.807) is 0 Å². The van der Waals surface area contributed by atoms with Gasteiger partial charge in [-0.3, -0.25) is 0 Å². The Morgan fingerprint density at radius 3 is 2.53 bits per heavy atom. The van der Waals surface area contributed by atoms with Crippen molar-refractivity contribution in [1.82, 2.24) is 10.6 Å². The SMILES string of the molecule is CCCCOCCCNC(=O)N[C@@H](C)C(=O)[O-]. The highest BCUT2D eigenvalue weighted by Gasteiger charge is 2.06. The number of rotatable bonds is 9. The predicted octanol–water partition coefficient (Wildman–Crippen LogP) is -0.369. The molecule has 0 aromatic heterocycles. The molecular formula is C11H21N2O4-. The summed E-state index contributed by atoms with van der Waals surface area (Å²) in [7, 11) is 0. The largest absolute Gasteiger partial charge is 0.548 e. The van der Waals surface area contributed by atoms with E-state index in [0.717, 1.165) is 19.4 Å². The zero-order chi connectivity index (χ0) is 13.1. The van der Waals surface area contributed by atoms with Gasteiger partial charge in [0.25, 0.3) is 0 Å². The molecule has 0 fully saturated rings. The lowest BCUT2D eigenvalue weighted by molar-refractivity contribution is -0.307. The van der Waals surface area contributed by atoms with Crippen LogP contribution in [-0.2, 0) is 9.53 Å². The molecule has 1 atom stereocenters. The molecule has 0 aliphatic heterocycles. The maximum absolute atomic E-state index is 11.1. The Morgan fingerprint density at radius 2 is 1.94 bits per heavy atom. The highest BCUT2D eigenvalue weighted by molar-refractivity contribution is 5.81. The number of carbonyl (C=O) groups is 2. The van der Waals surface area contributed by atoms with E-state index in [2.05, 4.69) is 17.6 Å². The number of hydrogen-bond acceptors (Lipinski definition) is 4. The molecule has 2 amide bonds. The van der Waals surface area contributed by atoms with Crippen LogP contribution >= 0.6 is 0 Å². The molecular weight excluding hydrogens is 224 g/mol. The van der Waals surface area contributed by atoms with Crippen LogP contribution in [0.4, 0.5) is 4.79 Å². The number of carbonyl (C=O) groups excluding carboxylic acids is 2. The molecule has 6 nitrogen and oxygen atoms in total. The van der Waals surface area contributed by atoms with E-state index >= 15 is 0 Å². The van der Waals surface area contributed by atoms with E-state index in [9.17, 15) is 14.7 Å². The summed E-state index contributed by atoms with van der Waals surface area (Å²) in [5.74, 6) is -1.30. The molecule has 0 heterocycles. The van der Waals surface area contributed by atoms with Gasteiger partial charge < -0.3 is 25.3 Å². The number of ether oxygens (including phenoxy) is 1. The molecule has 100 valence electrons. The number of unbranched alkanes of at least 4 members (excludes halogenated alkanes) is 1. The van der Waals surface area contributed by atoms with Gasteiger partial charge in [0.2, 0.25) is 0 Å². The van der Waals surface area contributed by atoms with Crippen LogP contribution in [0.5, 0.6) is 0 Å². The fraction of sp³-hybridized carbons (Fsp3) is 0.818. The standard InChI is InChI=1S/C11H22N2O4/c1-3-4-7-17-8-5-6-12-11(16)13-9(2)10(14)15/h9H,3-8H2,1-2H3,(H,14,15)(H2,12,13,16)/p-1/t9-/m0/s1. The third-order valence-corrected chi connectivity index (χ3v) is 2.09. The van der Waals surface area contributed by atoms with Crippen molar-refractivity contribution in [3.8, 4) is 0 Å². The van der Waals surface area contributed by atoms with Crippen LogP contribution in [0.2, 0.25) is 0 Å². The van der Waals surface area contributed by atoms with Crippen molar-refractivity contribution in [3.63, 3.8) is 0 Å². The van der Waals surface area contributed by atoms with Gasteiger partial charge in [0, 0.05) is 19.8 Å². The van der Waals surface area contributed by atoms with E-state index < -0.39 is 18.0 Å². The molecule has 0 aromatic rings. The smallest absolute Gasteiger partial charge is 0.315 e. The van der Waals surface area contributed by atoms with Crippen LogP contribution in [0.15, 0.2) is 0 Å². The normalized spacial score (nSPS) is 11.9. The molecule has 0 aliphatic rings. The minimum atomic E-state index is -1.30. The Morgan fingerprint density at radius 1 is 1.29 bits per heavy atom. The molecule has 0 saturated heterocycles. The molecule has 0 unspecified atom stereocenters. The van der Waals surface area contributed by atoms with Crippen molar-refractivity contribution < 1.29 is 19.4 Å². The third-order valence-electron chi connectivity index (χ3n) is 2.09. The van der Waals surface area contributed by atoms with Gasteiger partial charge >= 0.3 is 6.03 Å². The quantitative estimate of drug-likeness (QED) is 0.542. The Hall–Kier alpha value is -1.30. The minimum Gasteiger partial charge on any atom is -0.548 e. The minimum absolute atomic E-state index is 0.456. The summed E-state index contributed by atoms with van der Waals surface area (Å²) in [6, 6.07) is -1.49. The Kier molecular flexibility index (Phi) is 9.14. The van der Waals surface area contributed by atoms with Crippen molar-refractivity contribution >= 4 is 12.0 Å². The molecule has 0 bridgehead atoms. The number of urea groups is 1. The Bertz CT molecular complexity index is 234. The second-order valence-electron chi connectivity index (χ2n) is 3.76. The summed E-state index contributed by atoms with van der Waals surface area (Å²) < 4.78 is 5.30. The molecule has 0 aromatic carbocycles. The predicted molar refractivity (Wildman–Crippen MR) is 61.3 cm³/mol. The third kappa shape index (κ3) is 9.62. The fourth-order valence-electron chi connectivity index (χ4n) is 1.03. The van der Waals surface area contributed by atoms with Crippen LogP contribution in [0.25, 0.3) is 0 Å². The number of nitrogens with one attached hydrogen (secondary N) is 2. The average Bonchev–Trinajstić information content (AvgIpc) is 2.27. The molecule has 0 saturated carbocycles. The first kappa shape index (κ1) is 15.7. The lowest BCUT2D eigenvalue weighted by atomic mass is 10.3. The summed E-state index contributed by atoms with van der Waals surface area (Å²) in [4.78, 5) is 21.5. The summed E-state index contributed by atoms with van der Waals surface area (Å²) in [5, 5.41) is 15.1. The molecule has 6 heteroatoms. The molecule has 0 rings (SSSR count). The first-order valence-corrected chi connectivity index (χ1v) is 5.91. The summed E-state index contributed by atoms with van der Waals surface area (Å²) in [6.45, 7) is 5.23. The lowest BCUT2D eigenvalue weighted by Gasteiger charge is -2.15. The van der Waals surface area contributed by atoms with E-state index in [1.165, 1.54) is 6.92 Å². The molecule has 17 heavy (non-hydrogen) atoms. The van der Waals surface area contributed by atoms with Gasteiger partial charge in [-0.05, 0) is 19.8 Å². The van der Waals surface area contributed by atoms with E-state index in [1.807, 2.05) is 0 Å². The zero-order valence-electron chi connectivity index (χ0n) is 10.5. The number of hydrogen-bond donors (Lipinski definition) is 2. The maximum atomic E-state index is 11.1. The molecule has 0 spiro atoms. The fourth-order valence-corrected chi connectivity index (χ4v) is 1.03. The number of aliphatic carboxylic acids is 1. The van der Waals surface area contributed by atoms with Gasteiger partial charge in [-0.15, -0.1) is 0 Å². The van der Waals surface area contributed by atoms with Crippen molar-refractivity contribution in [3.05, 3.63) is 0 Å². The Balaban J connectivity index is 3.36. The summed E-state index contributed by atoms with van der Waals surface area (Å²) in [6.07, 6.45) is 2.84. The number of carboxylic acids is 1. The van der Waals surface area contributed by atoms with Gasteiger partial charge in [-0.1, -0.05) is 13.3 Å². The molecule has 2 N–H and O–H groups in total. The summed E-state index contributed by atoms with van der Waals surface area (Å²) >= 11 is 0. The highest BCUT2D eigenvalue weighted by Crippen LogP contribution is 1.89. The first-order chi connectivity index (χ1) is 8.07. The average molecular weight is 245 g/mol. The van der Waals surface area contributed by atoms with Gasteiger partial charge in [-0.2, -0.15) is 0 Å². The first-order valence-electron chi connectivity index (χ1n) is 5.91. The Labute approximate surface area is 102 Å². The van der Waals surface area contributed by atoms with Crippen LogP contribution in [0.3, 0.4) is 0 Å². The van der Waals surface area contributed by atoms with E-state index in [-0.39, 0.29) is 0 Å². The van der Waals surface area contributed by atoms with Crippen molar-refractivity contribution in [1.29, 1.82) is 0 Å². The molecule has 0 radical (unpaired) electrons. The van der Waals surface area contributed by atoms with Gasteiger partial charge in [0.15, 0.2) is 0 Å². The van der Waals surface area contributed by atoms with Gasteiger partial charge in [0.05, 0.1) is 12.0 Å². The number of amides is 2. The van der Waals surface area contributed by atoms with Crippen LogP contribution in [-0.4, -0.2) is 37.8 Å². The van der Waals surface area contributed by atoms with Crippen LogP contribution in [0, 0.1) is 0 Å². The van der Waals surface area contributed by atoms with Crippen LogP contribution < -0.4 is 15.7 Å². The topological polar surface area (TPSA) is 90.5 Å². The van der Waals surface area contributed by atoms with E-state index in [0.29, 0.717) is 19.6 Å². The van der Waals surface area contributed by atoms with E-state index in [4.69, 9.17) is 4.74 Å². The monoisotopic (exact) mass is 245 g/mol. The lowest BCUT2D eigenvalue weighted by Crippen LogP contribution is -2.49. The zero-order valence-corrected chi connectivity index (χ0v) is 10.5. The van der Waals surface area contributed by atoms with Crippen molar-refractivity contribution in [2.24, 2.45) is 0 Å². The highest BCUT2D eigenvalue weighted by atomic mass is 16.5. The number of carboxylic acid groups (broad SMARTS) is 1. The summed E-state index contributed by atoms with van der Waals surface area (Å²) in [5.41, 5.74) is 0. The maximum Gasteiger partial charge on any atom is 0.315 e. The van der Waals surface area contributed by atoms with Gasteiger partial charge in [-0.25, -0.2) is 4.79 Å². The second kappa shape index (κ2) is 9.89. The molecule has 0 aliphatic carbocycles. The van der Waals surface area contributed by atoms with Crippen molar-refractivity contribution in [2.75, 3.05) is 19.8 Å². The van der Waals surface area contributed by atoms with Gasteiger partial charge in [0.1, 0.15) is 0 Å². The van der Waals surface area contributed by atoms with Crippen molar-refractivity contribution in [2.45, 2.75) is 39.2 Å². The van der Waals surface area contributed by atoms with Crippen LogP contribution in [0.1, 0.15) is 33.1 Å². The second-order valence-corrected chi connectivity index (χ2v) is 3.76.